The van der Waals surface area contributed by atoms with Crippen LogP contribution >= 0.6 is 24.0 Å². The molecule has 1 fully saturated rings. The third kappa shape index (κ3) is 6.20. The summed E-state index contributed by atoms with van der Waals surface area (Å²) in [5.41, 5.74) is 1.08. The lowest BCUT2D eigenvalue weighted by atomic mass is 9.98. The minimum absolute atomic E-state index is 0. The van der Waals surface area contributed by atoms with Crippen LogP contribution in [0.2, 0.25) is 0 Å². The van der Waals surface area contributed by atoms with Gasteiger partial charge in [0.25, 0.3) is 0 Å². The van der Waals surface area contributed by atoms with Gasteiger partial charge in [0, 0.05) is 39.9 Å². The zero-order valence-electron chi connectivity index (χ0n) is 14.4. The van der Waals surface area contributed by atoms with Crippen molar-refractivity contribution < 1.29 is 8.42 Å². The van der Waals surface area contributed by atoms with Crippen LogP contribution in [0.25, 0.3) is 0 Å². The van der Waals surface area contributed by atoms with E-state index in [1.54, 1.807) is 17.5 Å². The van der Waals surface area contributed by atoms with Gasteiger partial charge in [-0.3, -0.25) is 9.67 Å². The van der Waals surface area contributed by atoms with Crippen LogP contribution in [0.4, 0.5) is 0 Å². The van der Waals surface area contributed by atoms with E-state index < -0.39 is 10.0 Å². The number of piperidine rings is 1. The number of nitrogens with zero attached hydrogens (tertiary/aromatic N) is 4. The van der Waals surface area contributed by atoms with Crippen LogP contribution in [0.1, 0.15) is 18.5 Å². The first kappa shape index (κ1) is 21.2. The Bertz CT molecular complexity index is 637. The molecule has 1 aromatic rings. The Morgan fingerprint density at radius 3 is 2.54 bits per heavy atom. The van der Waals surface area contributed by atoms with Crippen LogP contribution < -0.4 is 10.6 Å². The van der Waals surface area contributed by atoms with E-state index in [9.17, 15) is 8.42 Å². The molecule has 0 bridgehead atoms. The van der Waals surface area contributed by atoms with Gasteiger partial charge in [-0.15, -0.1) is 24.0 Å². The zero-order chi connectivity index (χ0) is 16.9. The van der Waals surface area contributed by atoms with Crippen LogP contribution in [0, 0.1) is 5.92 Å². The van der Waals surface area contributed by atoms with Crippen molar-refractivity contribution in [2.24, 2.45) is 18.0 Å². The molecule has 1 aliphatic rings. The highest BCUT2D eigenvalue weighted by Gasteiger charge is 2.24. The molecule has 1 aliphatic heterocycles. The Hall–Kier alpha value is -0.880. The fraction of sp³-hybridized carbons (Fsp3) is 0.714. The minimum Gasteiger partial charge on any atom is -0.356 e. The third-order valence-electron chi connectivity index (χ3n) is 4.18. The van der Waals surface area contributed by atoms with Crippen molar-refractivity contribution in [3.8, 4) is 0 Å². The zero-order valence-corrected chi connectivity index (χ0v) is 17.5. The van der Waals surface area contributed by atoms with Gasteiger partial charge in [-0.1, -0.05) is 0 Å². The molecule has 0 unspecified atom stereocenters. The summed E-state index contributed by atoms with van der Waals surface area (Å²) in [6, 6.07) is 1.96. The average molecular weight is 470 g/mol. The molecule has 138 valence electrons. The number of sulfonamides is 1. The van der Waals surface area contributed by atoms with E-state index >= 15 is 0 Å². The van der Waals surface area contributed by atoms with Crippen molar-refractivity contribution in [2.45, 2.75) is 19.4 Å². The van der Waals surface area contributed by atoms with Crippen LogP contribution in [-0.2, 0) is 23.6 Å². The maximum absolute atomic E-state index is 11.5. The fourth-order valence-electron chi connectivity index (χ4n) is 2.66. The molecule has 0 aliphatic carbocycles. The minimum atomic E-state index is -3.05. The van der Waals surface area contributed by atoms with Gasteiger partial charge in [-0.2, -0.15) is 5.10 Å². The average Bonchev–Trinajstić information content (AvgIpc) is 2.92. The highest BCUT2D eigenvalue weighted by Crippen LogP contribution is 2.18. The second-order valence-corrected chi connectivity index (χ2v) is 7.84. The molecule has 0 atom stereocenters. The van der Waals surface area contributed by atoms with Crippen molar-refractivity contribution in [3.63, 3.8) is 0 Å². The third-order valence-corrected chi connectivity index (χ3v) is 5.49. The number of guanidine groups is 1. The van der Waals surface area contributed by atoms with E-state index in [4.69, 9.17) is 0 Å². The lowest BCUT2D eigenvalue weighted by Crippen LogP contribution is -2.43. The number of halogens is 1. The summed E-state index contributed by atoms with van der Waals surface area (Å²) in [5.74, 6) is 1.21. The van der Waals surface area contributed by atoms with Crippen molar-refractivity contribution in [1.29, 1.82) is 0 Å². The second-order valence-electron chi connectivity index (χ2n) is 5.86. The molecule has 10 heteroatoms. The Balaban J connectivity index is 0.00000288. The molecule has 1 aromatic heterocycles. The number of rotatable bonds is 5. The molecule has 24 heavy (non-hydrogen) atoms. The first-order chi connectivity index (χ1) is 10.9. The maximum Gasteiger partial charge on any atom is 0.211 e. The highest BCUT2D eigenvalue weighted by molar-refractivity contribution is 14.0. The summed E-state index contributed by atoms with van der Waals surface area (Å²) in [6.07, 6.45) is 4.79. The Kier molecular flexibility index (Phi) is 8.43. The topological polar surface area (TPSA) is 91.6 Å². The number of hydrogen-bond acceptors (Lipinski definition) is 4. The van der Waals surface area contributed by atoms with Gasteiger partial charge >= 0.3 is 0 Å². The normalized spacial score (nSPS) is 17.4. The Morgan fingerprint density at radius 1 is 1.38 bits per heavy atom. The van der Waals surface area contributed by atoms with E-state index in [1.807, 2.05) is 17.8 Å². The lowest BCUT2D eigenvalue weighted by molar-refractivity contribution is 0.275. The van der Waals surface area contributed by atoms with Crippen molar-refractivity contribution in [1.82, 2.24) is 24.7 Å². The number of aryl methyl sites for hydroxylation is 1. The molecule has 0 aromatic carbocycles. The van der Waals surface area contributed by atoms with Crippen molar-refractivity contribution >= 4 is 40.0 Å². The SMILES string of the molecule is CN=C(NCc1ccnn1C)NCC1CCN(S(C)(=O)=O)CC1.I. The van der Waals surface area contributed by atoms with E-state index in [1.165, 1.54) is 6.26 Å². The van der Waals surface area contributed by atoms with Crippen LogP contribution in [0.5, 0.6) is 0 Å². The Morgan fingerprint density at radius 2 is 2.04 bits per heavy atom. The van der Waals surface area contributed by atoms with Crippen molar-refractivity contribution in [3.05, 3.63) is 18.0 Å². The van der Waals surface area contributed by atoms with Gasteiger partial charge in [0.1, 0.15) is 0 Å². The summed E-state index contributed by atoms with van der Waals surface area (Å²) in [4.78, 5) is 4.21. The first-order valence-electron chi connectivity index (χ1n) is 7.76. The first-order valence-corrected chi connectivity index (χ1v) is 9.61. The molecular weight excluding hydrogens is 443 g/mol. The number of aromatic nitrogens is 2. The maximum atomic E-state index is 11.5. The van der Waals surface area contributed by atoms with Gasteiger partial charge in [0.2, 0.25) is 10.0 Å². The summed E-state index contributed by atoms with van der Waals surface area (Å²) in [6.45, 7) is 2.66. The molecule has 0 saturated carbocycles. The summed E-state index contributed by atoms with van der Waals surface area (Å²) in [7, 11) is 0.592. The molecule has 0 amide bonds. The largest absolute Gasteiger partial charge is 0.356 e. The molecule has 2 heterocycles. The Labute approximate surface area is 161 Å². The van der Waals surface area contributed by atoms with Crippen molar-refractivity contribution in [2.75, 3.05) is 32.9 Å². The fourth-order valence-corrected chi connectivity index (χ4v) is 3.53. The quantitative estimate of drug-likeness (QED) is 0.369. The number of aliphatic imine (C=N–C) groups is 1. The van der Waals surface area contributed by atoms with E-state index in [0.717, 1.165) is 31.0 Å². The molecule has 0 spiro atoms. The standard InChI is InChI=1S/C14H26N6O2S.HI/c1-15-14(17-11-13-4-7-18-19(13)2)16-10-12-5-8-20(9-6-12)23(3,21)22;/h4,7,12H,5-6,8-11H2,1-3H3,(H2,15,16,17);1H. The second kappa shape index (κ2) is 9.56. The summed E-state index contributed by atoms with van der Waals surface area (Å²) < 4.78 is 26.4. The van der Waals surface area contributed by atoms with Gasteiger partial charge in [-0.25, -0.2) is 12.7 Å². The van der Waals surface area contributed by atoms with Gasteiger partial charge in [0.15, 0.2) is 5.96 Å². The summed E-state index contributed by atoms with van der Waals surface area (Å²) in [5, 5.41) is 10.7. The molecular formula is C14H27IN6O2S. The van der Waals surface area contributed by atoms with Crippen LogP contribution in [0.15, 0.2) is 17.3 Å². The number of hydrogen-bond donors (Lipinski definition) is 2. The van der Waals surface area contributed by atoms with Gasteiger partial charge in [0.05, 0.1) is 18.5 Å². The molecule has 1 saturated heterocycles. The monoisotopic (exact) mass is 470 g/mol. The predicted molar refractivity (Wildman–Crippen MR) is 106 cm³/mol. The highest BCUT2D eigenvalue weighted by atomic mass is 127. The van der Waals surface area contributed by atoms with E-state index in [2.05, 4.69) is 20.7 Å². The van der Waals surface area contributed by atoms with E-state index in [0.29, 0.717) is 25.6 Å². The summed E-state index contributed by atoms with van der Waals surface area (Å²) >= 11 is 0. The van der Waals surface area contributed by atoms with Crippen LogP contribution in [-0.4, -0.2) is 61.4 Å². The lowest BCUT2D eigenvalue weighted by Gasteiger charge is -2.30. The van der Waals surface area contributed by atoms with Gasteiger partial charge in [-0.05, 0) is 24.8 Å². The predicted octanol–water partition coefficient (Wildman–Crippen LogP) is 0.375. The van der Waals surface area contributed by atoms with Crippen LogP contribution in [0.3, 0.4) is 0 Å². The number of nitrogens with one attached hydrogen (secondary N) is 2. The smallest absolute Gasteiger partial charge is 0.211 e. The molecule has 8 nitrogen and oxygen atoms in total. The molecule has 2 N–H and O–H groups in total. The molecule has 2 rings (SSSR count). The van der Waals surface area contributed by atoms with E-state index in [-0.39, 0.29) is 24.0 Å². The van der Waals surface area contributed by atoms with Gasteiger partial charge < -0.3 is 10.6 Å². The molecule has 0 radical (unpaired) electrons.